The van der Waals surface area contributed by atoms with E-state index in [1.165, 1.54) is 20.4 Å². The average molecular weight is 199 g/mol. The Morgan fingerprint density at radius 3 is 1.93 bits per heavy atom. The van der Waals surface area contributed by atoms with Crippen LogP contribution in [0.3, 0.4) is 0 Å². The van der Waals surface area contributed by atoms with Crippen molar-refractivity contribution in [2.24, 2.45) is 0 Å². The molecular weight excluding hydrogens is 177 g/mol. The van der Waals surface area contributed by atoms with Crippen LogP contribution in [0.4, 0.5) is 4.79 Å². The molecule has 1 fully saturated rings. The summed E-state index contributed by atoms with van der Waals surface area (Å²) in [6.45, 7) is 7.24. The van der Waals surface area contributed by atoms with Crippen molar-refractivity contribution in [2.75, 3.05) is 20.2 Å². The van der Waals surface area contributed by atoms with Gasteiger partial charge in [0.1, 0.15) is 0 Å². The number of carbonyl (C=O) groups excluding carboxylic acids is 1. The normalized spacial score (nSPS) is 14.1. The third-order valence-corrected chi connectivity index (χ3v) is 1.79. The lowest BCUT2D eigenvalue weighted by atomic mass is 10.1. The second-order valence-corrected chi connectivity index (χ2v) is 2.52. The first-order valence-electron chi connectivity index (χ1n) is 5.25. The Hall–Kier alpha value is -0.665. The minimum absolute atomic E-state index is 0.181. The van der Waals surface area contributed by atoms with Gasteiger partial charge in [-0.3, -0.25) is 0 Å². The van der Waals surface area contributed by atoms with Gasteiger partial charge in [0, 0.05) is 13.1 Å². The zero-order chi connectivity index (χ0) is 11.4. The SMILES string of the molecule is CC.COC(=O)N1CCCCC1.[B]C. The Labute approximate surface area is 89.2 Å². The highest BCUT2D eigenvalue weighted by Gasteiger charge is 2.15. The number of piperidine rings is 1. The van der Waals surface area contributed by atoms with E-state index in [1.54, 1.807) is 4.90 Å². The molecule has 0 aromatic rings. The number of hydrogen-bond donors (Lipinski definition) is 0. The third kappa shape index (κ3) is 6.81. The van der Waals surface area contributed by atoms with E-state index in [1.807, 2.05) is 13.8 Å². The molecule has 1 rings (SSSR count). The van der Waals surface area contributed by atoms with Crippen LogP contribution in [-0.4, -0.2) is 39.0 Å². The van der Waals surface area contributed by atoms with Gasteiger partial charge in [-0.15, -0.1) is 0 Å². The van der Waals surface area contributed by atoms with E-state index < -0.39 is 0 Å². The van der Waals surface area contributed by atoms with E-state index in [-0.39, 0.29) is 6.09 Å². The minimum atomic E-state index is -0.181. The van der Waals surface area contributed by atoms with Crippen LogP contribution < -0.4 is 0 Å². The van der Waals surface area contributed by atoms with Crippen molar-refractivity contribution in [3.63, 3.8) is 0 Å². The van der Waals surface area contributed by atoms with Gasteiger partial charge >= 0.3 is 6.09 Å². The lowest BCUT2D eigenvalue weighted by Crippen LogP contribution is -2.35. The molecule has 0 aromatic heterocycles. The van der Waals surface area contributed by atoms with Crippen molar-refractivity contribution < 1.29 is 9.53 Å². The molecule has 0 saturated carbocycles. The maximum Gasteiger partial charge on any atom is 0.409 e. The van der Waals surface area contributed by atoms with Crippen molar-refractivity contribution in [2.45, 2.75) is 39.9 Å². The second-order valence-electron chi connectivity index (χ2n) is 2.52. The van der Waals surface area contributed by atoms with Gasteiger partial charge in [0.05, 0.1) is 15.0 Å². The fraction of sp³-hybridized carbons (Fsp3) is 0.900. The maximum atomic E-state index is 10.9. The molecule has 0 aliphatic carbocycles. The minimum Gasteiger partial charge on any atom is -0.453 e. The number of carbonyl (C=O) groups is 1. The molecular formula is C10H22BNO2. The highest BCUT2D eigenvalue weighted by Crippen LogP contribution is 2.08. The van der Waals surface area contributed by atoms with Crippen molar-refractivity contribution >= 4 is 13.9 Å². The smallest absolute Gasteiger partial charge is 0.409 e. The van der Waals surface area contributed by atoms with Crippen LogP contribution in [0.15, 0.2) is 0 Å². The summed E-state index contributed by atoms with van der Waals surface area (Å²) in [6, 6.07) is 0. The molecule has 14 heavy (non-hydrogen) atoms. The predicted molar refractivity (Wildman–Crippen MR) is 60.8 cm³/mol. The lowest BCUT2D eigenvalue weighted by Gasteiger charge is -2.24. The van der Waals surface area contributed by atoms with Crippen LogP contribution in [0.25, 0.3) is 0 Å². The molecule has 3 nitrogen and oxygen atoms in total. The van der Waals surface area contributed by atoms with E-state index in [2.05, 4.69) is 12.6 Å². The second kappa shape index (κ2) is 12.3. The van der Waals surface area contributed by atoms with E-state index in [4.69, 9.17) is 0 Å². The van der Waals surface area contributed by atoms with Crippen LogP contribution in [0.5, 0.6) is 0 Å². The van der Waals surface area contributed by atoms with Crippen molar-refractivity contribution in [1.29, 1.82) is 0 Å². The molecule has 1 heterocycles. The highest BCUT2D eigenvalue weighted by molar-refractivity contribution is 6.05. The van der Waals surface area contributed by atoms with Crippen LogP contribution in [0.1, 0.15) is 33.1 Å². The Morgan fingerprint density at radius 2 is 1.57 bits per heavy atom. The number of amides is 1. The first-order valence-corrected chi connectivity index (χ1v) is 5.25. The molecule has 0 atom stereocenters. The molecule has 0 spiro atoms. The van der Waals surface area contributed by atoms with Gasteiger partial charge in [0.25, 0.3) is 0 Å². The molecule has 1 aliphatic rings. The van der Waals surface area contributed by atoms with Gasteiger partial charge in [-0.25, -0.2) is 4.79 Å². The van der Waals surface area contributed by atoms with Crippen molar-refractivity contribution in [1.82, 2.24) is 4.90 Å². The lowest BCUT2D eigenvalue weighted by molar-refractivity contribution is 0.115. The van der Waals surface area contributed by atoms with Gasteiger partial charge in [-0.05, 0) is 19.3 Å². The van der Waals surface area contributed by atoms with Crippen molar-refractivity contribution in [3.8, 4) is 0 Å². The number of ether oxygens (including phenoxy) is 1. The maximum absolute atomic E-state index is 10.9. The number of nitrogens with zero attached hydrogens (tertiary/aromatic N) is 1. The van der Waals surface area contributed by atoms with Crippen molar-refractivity contribution in [3.05, 3.63) is 0 Å². The first kappa shape index (κ1) is 15.8. The molecule has 0 unspecified atom stereocenters. The Balaban J connectivity index is 0. The average Bonchev–Trinajstić information content (AvgIpc) is 2.34. The summed E-state index contributed by atoms with van der Waals surface area (Å²) < 4.78 is 4.58. The summed E-state index contributed by atoms with van der Waals surface area (Å²) in [5, 5.41) is 0. The topological polar surface area (TPSA) is 29.5 Å². The third-order valence-electron chi connectivity index (χ3n) is 1.79. The molecule has 1 amide bonds. The molecule has 0 N–H and O–H groups in total. The largest absolute Gasteiger partial charge is 0.453 e. The number of rotatable bonds is 0. The van der Waals surface area contributed by atoms with Crippen LogP contribution in [0.2, 0.25) is 6.82 Å². The standard InChI is InChI=1S/C7H13NO2.C2H6.CH3B/c1-10-7(9)8-5-3-2-4-6-8;2*1-2/h2-6H2,1H3;1-2H3;1H3. The molecule has 1 saturated heterocycles. The zero-order valence-electron chi connectivity index (χ0n) is 9.88. The summed E-state index contributed by atoms with van der Waals surface area (Å²) in [7, 11) is 5.93. The molecule has 0 aromatic carbocycles. The van der Waals surface area contributed by atoms with E-state index in [9.17, 15) is 4.79 Å². The summed E-state index contributed by atoms with van der Waals surface area (Å²) in [5.41, 5.74) is 0. The predicted octanol–water partition coefficient (Wildman–Crippen LogP) is 2.47. The summed E-state index contributed by atoms with van der Waals surface area (Å²) in [4.78, 5) is 12.6. The fourth-order valence-corrected chi connectivity index (χ4v) is 1.21. The molecule has 2 radical (unpaired) electrons. The Morgan fingerprint density at radius 1 is 1.14 bits per heavy atom. The molecule has 82 valence electrons. The molecule has 1 aliphatic heterocycles. The number of likely N-dealkylation sites (tertiary alicyclic amines) is 1. The highest BCUT2D eigenvalue weighted by atomic mass is 16.5. The monoisotopic (exact) mass is 199 g/mol. The van der Waals surface area contributed by atoms with Gasteiger partial charge in [-0.2, -0.15) is 0 Å². The summed E-state index contributed by atoms with van der Waals surface area (Å²) >= 11 is 0. The summed E-state index contributed by atoms with van der Waals surface area (Å²) in [6.07, 6.45) is 3.30. The fourth-order valence-electron chi connectivity index (χ4n) is 1.21. The summed E-state index contributed by atoms with van der Waals surface area (Å²) in [5.74, 6) is 0. The number of methoxy groups -OCH3 is 1. The van der Waals surface area contributed by atoms with Crippen LogP contribution in [-0.2, 0) is 4.74 Å². The Kier molecular flexibility index (Phi) is 13.9. The van der Waals surface area contributed by atoms with E-state index in [0.717, 1.165) is 25.9 Å². The zero-order valence-corrected chi connectivity index (χ0v) is 9.88. The van der Waals surface area contributed by atoms with E-state index in [0.29, 0.717) is 0 Å². The molecule has 4 heteroatoms. The first-order chi connectivity index (χ1) is 6.84. The van der Waals surface area contributed by atoms with Gasteiger partial charge in [0.15, 0.2) is 0 Å². The van der Waals surface area contributed by atoms with Gasteiger partial charge in [-0.1, -0.05) is 20.7 Å². The van der Waals surface area contributed by atoms with Gasteiger partial charge < -0.3 is 9.64 Å². The van der Waals surface area contributed by atoms with E-state index >= 15 is 0 Å². The quantitative estimate of drug-likeness (QED) is 0.561. The van der Waals surface area contributed by atoms with Gasteiger partial charge in [0.2, 0.25) is 0 Å². The van der Waals surface area contributed by atoms with Crippen LogP contribution in [0, 0.1) is 0 Å². The Bertz CT molecular complexity index is 125. The molecule has 0 bridgehead atoms. The van der Waals surface area contributed by atoms with Crippen LogP contribution >= 0.6 is 0 Å². The number of hydrogen-bond acceptors (Lipinski definition) is 2.